The van der Waals surface area contributed by atoms with Crippen molar-refractivity contribution in [3.05, 3.63) is 46.4 Å². The number of benzene rings is 1. The molecule has 5 heteroatoms. The molecule has 0 saturated heterocycles. The number of rotatable bonds is 6. The molecule has 0 aliphatic rings. The van der Waals surface area contributed by atoms with Crippen LogP contribution < -0.4 is 10.1 Å². The molecular formula is C17H22N2O2S. The van der Waals surface area contributed by atoms with Gasteiger partial charge in [-0.3, -0.25) is 4.79 Å². The highest BCUT2D eigenvalue weighted by molar-refractivity contribution is 7.09. The summed E-state index contributed by atoms with van der Waals surface area (Å²) in [6, 6.07) is 7.67. The predicted octanol–water partition coefficient (Wildman–Crippen LogP) is 3.70. The largest absolute Gasteiger partial charge is 0.497 e. The fourth-order valence-electron chi connectivity index (χ4n) is 2.39. The molecule has 1 amide bonds. The third-order valence-electron chi connectivity index (χ3n) is 3.65. The van der Waals surface area contributed by atoms with Gasteiger partial charge in [-0.25, -0.2) is 4.98 Å². The summed E-state index contributed by atoms with van der Waals surface area (Å²) >= 11 is 1.55. The van der Waals surface area contributed by atoms with Crippen molar-refractivity contribution in [3.8, 4) is 5.75 Å². The van der Waals surface area contributed by atoms with Crippen molar-refractivity contribution in [3.63, 3.8) is 0 Å². The van der Waals surface area contributed by atoms with Crippen LogP contribution in [0, 0.1) is 0 Å². The van der Waals surface area contributed by atoms with Gasteiger partial charge in [0, 0.05) is 11.6 Å². The molecule has 1 atom stereocenters. The second kappa shape index (κ2) is 6.92. The fraction of sp³-hybridized carbons (Fsp3) is 0.412. The van der Waals surface area contributed by atoms with Gasteiger partial charge in [-0.1, -0.05) is 19.1 Å². The van der Waals surface area contributed by atoms with E-state index in [0.29, 0.717) is 0 Å². The van der Waals surface area contributed by atoms with Crippen molar-refractivity contribution in [2.75, 3.05) is 7.11 Å². The van der Waals surface area contributed by atoms with E-state index in [9.17, 15) is 4.79 Å². The van der Waals surface area contributed by atoms with Crippen molar-refractivity contribution in [2.45, 2.75) is 38.6 Å². The minimum Gasteiger partial charge on any atom is -0.497 e. The summed E-state index contributed by atoms with van der Waals surface area (Å²) in [4.78, 5) is 17.0. The van der Waals surface area contributed by atoms with E-state index in [1.807, 2.05) is 50.4 Å². The summed E-state index contributed by atoms with van der Waals surface area (Å²) in [6.45, 7) is 5.97. The summed E-state index contributed by atoms with van der Waals surface area (Å²) in [5, 5.41) is 5.94. The lowest BCUT2D eigenvalue weighted by molar-refractivity contribution is -0.124. The van der Waals surface area contributed by atoms with Gasteiger partial charge in [0.1, 0.15) is 10.8 Å². The van der Waals surface area contributed by atoms with Crippen molar-refractivity contribution in [1.29, 1.82) is 0 Å². The zero-order chi connectivity index (χ0) is 16.2. The number of aromatic nitrogens is 1. The quantitative estimate of drug-likeness (QED) is 0.883. The Morgan fingerprint density at radius 1 is 1.36 bits per heavy atom. The van der Waals surface area contributed by atoms with E-state index in [1.165, 1.54) is 0 Å². The predicted molar refractivity (Wildman–Crippen MR) is 89.3 cm³/mol. The molecule has 0 unspecified atom stereocenters. The van der Waals surface area contributed by atoms with Crippen molar-refractivity contribution >= 4 is 17.2 Å². The van der Waals surface area contributed by atoms with Gasteiger partial charge in [-0.05, 0) is 38.0 Å². The molecule has 4 nitrogen and oxygen atoms in total. The summed E-state index contributed by atoms with van der Waals surface area (Å²) in [5.74, 6) is 0.639. The number of nitrogens with zero attached hydrogens (tertiary/aromatic N) is 1. The van der Waals surface area contributed by atoms with Gasteiger partial charge in [-0.15, -0.1) is 11.3 Å². The number of carbonyl (C=O) groups is 1. The first-order valence-electron chi connectivity index (χ1n) is 7.34. The normalized spacial score (nSPS) is 12.7. The third-order valence-corrected chi connectivity index (χ3v) is 4.74. The lowest BCUT2D eigenvalue weighted by Crippen LogP contribution is -2.43. The molecule has 1 aromatic carbocycles. The molecular weight excluding hydrogens is 296 g/mol. The first-order valence-corrected chi connectivity index (χ1v) is 8.22. The Hall–Kier alpha value is -1.88. The van der Waals surface area contributed by atoms with Gasteiger partial charge in [0.15, 0.2) is 0 Å². The lowest BCUT2D eigenvalue weighted by Gasteiger charge is -2.27. The Balaban J connectivity index is 2.14. The van der Waals surface area contributed by atoms with Crippen molar-refractivity contribution in [1.82, 2.24) is 10.3 Å². The number of thiazole rings is 1. The van der Waals surface area contributed by atoms with Gasteiger partial charge in [0.05, 0.1) is 18.6 Å². The van der Waals surface area contributed by atoms with E-state index in [-0.39, 0.29) is 11.8 Å². The van der Waals surface area contributed by atoms with Crippen molar-refractivity contribution < 1.29 is 9.53 Å². The van der Waals surface area contributed by atoms with E-state index in [1.54, 1.807) is 24.6 Å². The second-order valence-electron chi connectivity index (χ2n) is 5.69. The summed E-state index contributed by atoms with van der Waals surface area (Å²) in [5.41, 5.74) is 0.529. The zero-order valence-corrected chi connectivity index (χ0v) is 14.2. The molecule has 0 fully saturated rings. The molecule has 1 aromatic heterocycles. The van der Waals surface area contributed by atoms with Crippen LogP contribution >= 0.6 is 11.3 Å². The average Bonchev–Trinajstić information content (AvgIpc) is 3.03. The zero-order valence-electron chi connectivity index (χ0n) is 13.4. The second-order valence-corrected chi connectivity index (χ2v) is 6.58. The van der Waals surface area contributed by atoms with Crippen LogP contribution in [-0.2, 0) is 10.3 Å². The number of nitrogens with one attached hydrogen (secondary N) is 1. The maximum atomic E-state index is 12.7. The number of amides is 1. The van der Waals surface area contributed by atoms with Crippen LogP contribution in [0.25, 0.3) is 0 Å². The smallest absolute Gasteiger partial charge is 0.228 e. The first-order chi connectivity index (χ1) is 10.5. The number of ether oxygens (including phenoxy) is 1. The summed E-state index contributed by atoms with van der Waals surface area (Å²) < 4.78 is 5.17. The first kappa shape index (κ1) is 16.5. The Kier molecular flexibility index (Phi) is 5.19. The topological polar surface area (TPSA) is 51.2 Å². The van der Waals surface area contributed by atoms with Crippen LogP contribution in [0.1, 0.15) is 43.7 Å². The van der Waals surface area contributed by atoms with Gasteiger partial charge >= 0.3 is 0 Å². The molecule has 1 heterocycles. The molecule has 0 spiro atoms. The van der Waals surface area contributed by atoms with Gasteiger partial charge < -0.3 is 10.1 Å². The van der Waals surface area contributed by atoms with E-state index >= 15 is 0 Å². The SMILES string of the molecule is CC[C@H](C(=O)NC(C)(C)c1nccs1)c1ccc(OC)cc1. The van der Waals surface area contributed by atoms with E-state index in [4.69, 9.17) is 4.74 Å². The van der Waals surface area contributed by atoms with Crippen molar-refractivity contribution in [2.24, 2.45) is 0 Å². The highest BCUT2D eigenvalue weighted by atomic mass is 32.1. The third kappa shape index (κ3) is 3.65. The van der Waals surface area contributed by atoms with Gasteiger partial charge in [-0.2, -0.15) is 0 Å². The molecule has 0 radical (unpaired) electrons. The molecule has 2 aromatic rings. The van der Waals surface area contributed by atoms with Crippen LogP contribution in [-0.4, -0.2) is 18.0 Å². The molecule has 2 rings (SSSR count). The summed E-state index contributed by atoms with van der Waals surface area (Å²) in [6.07, 6.45) is 2.50. The number of methoxy groups -OCH3 is 1. The molecule has 0 aliphatic heterocycles. The molecule has 1 N–H and O–H groups in total. The lowest BCUT2D eigenvalue weighted by atomic mass is 9.94. The molecule has 22 heavy (non-hydrogen) atoms. The highest BCUT2D eigenvalue weighted by Crippen LogP contribution is 2.26. The van der Waals surface area contributed by atoms with E-state index in [2.05, 4.69) is 10.3 Å². The molecule has 0 aliphatic carbocycles. The number of hydrogen-bond donors (Lipinski definition) is 1. The highest BCUT2D eigenvalue weighted by Gasteiger charge is 2.29. The molecule has 0 bridgehead atoms. The Morgan fingerprint density at radius 3 is 2.55 bits per heavy atom. The van der Waals surface area contributed by atoms with Gasteiger partial charge in [0.25, 0.3) is 0 Å². The Morgan fingerprint density at radius 2 is 2.05 bits per heavy atom. The maximum absolute atomic E-state index is 12.7. The average molecular weight is 318 g/mol. The summed E-state index contributed by atoms with van der Waals surface area (Å²) in [7, 11) is 1.63. The number of carbonyl (C=O) groups excluding carboxylic acids is 1. The number of hydrogen-bond acceptors (Lipinski definition) is 4. The Bertz CT molecular complexity index is 606. The van der Waals surface area contributed by atoms with Crippen LogP contribution in [0.3, 0.4) is 0 Å². The molecule has 0 saturated carbocycles. The van der Waals surface area contributed by atoms with E-state index in [0.717, 1.165) is 22.7 Å². The van der Waals surface area contributed by atoms with Crippen LogP contribution in [0.2, 0.25) is 0 Å². The van der Waals surface area contributed by atoms with Gasteiger partial charge in [0.2, 0.25) is 5.91 Å². The van der Waals surface area contributed by atoms with Crippen LogP contribution in [0.5, 0.6) is 5.75 Å². The minimum absolute atomic E-state index is 0.0212. The molecule has 118 valence electrons. The Labute approximate surface area is 135 Å². The fourth-order valence-corrected chi connectivity index (χ4v) is 3.11. The van der Waals surface area contributed by atoms with E-state index < -0.39 is 5.54 Å². The van der Waals surface area contributed by atoms with Crippen LogP contribution in [0.15, 0.2) is 35.8 Å². The maximum Gasteiger partial charge on any atom is 0.228 e. The standard InChI is InChI=1S/C17H22N2O2S/c1-5-14(12-6-8-13(21-4)9-7-12)15(20)19-17(2,3)16-18-10-11-22-16/h6-11,14H,5H2,1-4H3,(H,19,20)/t14-/m0/s1. The minimum atomic E-state index is -0.467. The monoisotopic (exact) mass is 318 g/mol. The van der Waals surface area contributed by atoms with Crippen LogP contribution in [0.4, 0.5) is 0 Å².